The van der Waals surface area contributed by atoms with Crippen LogP contribution in [0.2, 0.25) is 5.02 Å². The molecule has 6 heteroatoms. The zero-order valence-electron chi connectivity index (χ0n) is 16.0. The molecule has 0 saturated heterocycles. The Kier molecular flexibility index (Phi) is 6.57. The third-order valence-electron chi connectivity index (χ3n) is 4.85. The lowest BCUT2D eigenvalue weighted by atomic mass is 9.87. The highest BCUT2D eigenvalue weighted by Gasteiger charge is 2.25. The van der Waals surface area contributed by atoms with Crippen LogP contribution in [-0.2, 0) is 20.7 Å². The first-order chi connectivity index (χ1) is 13.4. The Morgan fingerprint density at radius 3 is 2.82 bits per heavy atom. The number of aryl methyl sites for hydroxylation is 2. The van der Waals surface area contributed by atoms with Crippen molar-refractivity contribution >= 4 is 23.5 Å². The van der Waals surface area contributed by atoms with Crippen LogP contribution in [0, 0.1) is 6.92 Å². The van der Waals surface area contributed by atoms with E-state index in [1.165, 1.54) is 5.56 Å². The highest BCUT2D eigenvalue weighted by Crippen LogP contribution is 2.29. The molecule has 0 aliphatic heterocycles. The average Bonchev–Trinajstić information content (AvgIpc) is 2.69. The summed E-state index contributed by atoms with van der Waals surface area (Å²) in [7, 11) is 0. The van der Waals surface area contributed by atoms with E-state index in [1.807, 2.05) is 25.1 Å². The Balaban J connectivity index is 1.50. The van der Waals surface area contributed by atoms with Gasteiger partial charge in [-0.25, -0.2) is 4.79 Å². The van der Waals surface area contributed by atoms with Gasteiger partial charge in [-0.2, -0.15) is 0 Å². The van der Waals surface area contributed by atoms with E-state index in [0.717, 1.165) is 30.4 Å². The molecule has 0 aromatic heterocycles. The summed E-state index contributed by atoms with van der Waals surface area (Å²) in [6.07, 6.45) is 2.03. The molecule has 2 atom stereocenters. The normalized spacial score (nSPS) is 16.6. The second kappa shape index (κ2) is 9.11. The van der Waals surface area contributed by atoms with Gasteiger partial charge in [-0.05, 0) is 68.0 Å². The van der Waals surface area contributed by atoms with Crippen molar-refractivity contribution in [2.24, 2.45) is 0 Å². The fourth-order valence-electron chi connectivity index (χ4n) is 3.33. The van der Waals surface area contributed by atoms with Gasteiger partial charge in [0, 0.05) is 5.02 Å². The van der Waals surface area contributed by atoms with Crippen molar-refractivity contribution in [2.45, 2.75) is 45.3 Å². The number of esters is 1. The predicted molar refractivity (Wildman–Crippen MR) is 108 cm³/mol. The summed E-state index contributed by atoms with van der Waals surface area (Å²) in [5, 5.41) is 3.63. The van der Waals surface area contributed by atoms with Crippen LogP contribution in [0.4, 0.5) is 0 Å². The Morgan fingerprint density at radius 1 is 1.25 bits per heavy atom. The third kappa shape index (κ3) is 5.04. The number of amides is 1. The van der Waals surface area contributed by atoms with Gasteiger partial charge in [-0.1, -0.05) is 35.9 Å². The smallest absolute Gasteiger partial charge is 0.344 e. The number of hydrogen-bond donors (Lipinski definition) is 1. The number of nitrogens with one attached hydrogen (secondary N) is 1. The maximum absolute atomic E-state index is 12.5. The van der Waals surface area contributed by atoms with Crippen LogP contribution in [0.5, 0.6) is 5.75 Å². The number of carbonyl (C=O) groups excluding carboxylic acids is 2. The number of fused-ring (bicyclic) bond motifs is 1. The molecule has 0 heterocycles. The number of hydrogen-bond acceptors (Lipinski definition) is 4. The van der Waals surface area contributed by atoms with Gasteiger partial charge in [0.2, 0.25) is 0 Å². The van der Waals surface area contributed by atoms with Crippen molar-refractivity contribution in [1.82, 2.24) is 5.32 Å². The number of ether oxygens (including phenoxy) is 2. The third-order valence-corrected chi connectivity index (χ3v) is 5.27. The summed E-state index contributed by atoms with van der Waals surface area (Å²) in [6, 6.07) is 13.2. The maximum Gasteiger partial charge on any atom is 0.344 e. The highest BCUT2D eigenvalue weighted by atomic mass is 35.5. The van der Waals surface area contributed by atoms with Crippen molar-refractivity contribution in [3.63, 3.8) is 0 Å². The molecule has 1 aliphatic carbocycles. The average molecular weight is 402 g/mol. The molecule has 0 saturated carbocycles. The van der Waals surface area contributed by atoms with Crippen LogP contribution in [0.1, 0.15) is 42.5 Å². The molecule has 1 N–H and O–H groups in total. The Hall–Kier alpha value is -2.53. The molecule has 2 aromatic carbocycles. The molecular weight excluding hydrogens is 378 g/mol. The van der Waals surface area contributed by atoms with Crippen molar-refractivity contribution < 1.29 is 19.1 Å². The number of benzene rings is 2. The molecule has 3 rings (SSSR count). The van der Waals surface area contributed by atoms with E-state index in [0.29, 0.717) is 10.8 Å². The van der Waals surface area contributed by atoms with Gasteiger partial charge in [-0.15, -0.1) is 0 Å². The first-order valence-electron chi connectivity index (χ1n) is 9.40. The Morgan fingerprint density at radius 2 is 2.04 bits per heavy atom. The molecular formula is C22H24ClNO4. The van der Waals surface area contributed by atoms with E-state index in [2.05, 4.69) is 11.4 Å². The minimum absolute atomic E-state index is 0.0492. The topological polar surface area (TPSA) is 64.6 Å². The van der Waals surface area contributed by atoms with Crippen LogP contribution < -0.4 is 10.1 Å². The van der Waals surface area contributed by atoms with E-state index >= 15 is 0 Å². The van der Waals surface area contributed by atoms with Gasteiger partial charge in [0.15, 0.2) is 12.7 Å². The lowest BCUT2D eigenvalue weighted by Gasteiger charge is -2.27. The standard InChI is InChI=1S/C22H24ClNO4/c1-14-12-17(10-11-19(14)23)27-13-21(25)28-15(2)22(26)24-20-9-5-7-16-6-3-4-8-18(16)20/h3-4,6,8,10-12,15,20H,5,7,9,13H2,1-2H3,(H,24,26)/t15-,20-/m1/s1. The van der Waals surface area contributed by atoms with E-state index in [4.69, 9.17) is 21.1 Å². The monoisotopic (exact) mass is 401 g/mol. The number of halogens is 1. The first kappa shape index (κ1) is 20.2. The fraction of sp³-hybridized carbons (Fsp3) is 0.364. The molecule has 0 unspecified atom stereocenters. The van der Waals surface area contributed by atoms with Crippen LogP contribution in [0.25, 0.3) is 0 Å². The van der Waals surface area contributed by atoms with Gasteiger partial charge < -0.3 is 14.8 Å². The number of carbonyl (C=O) groups is 2. The zero-order chi connectivity index (χ0) is 20.1. The van der Waals surface area contributed by atoms with E-state index in [1.54, 1.807) is 25.1 Å². The molecule has 0 bridgehead atoms. The van der Waals surface area contributed by atoms with Gasteiger partial charge >= 0.3 is 5.97 Å². The largest absolute Gasteiger partial charge is 0.482 e. The second-order valence-corrected chi connectivity index (χ2v) is 7.39. The summed E-state index contributed by atoms with van der Waals surface area (Å²) < 4.78 is 10.6. The minimum atomic E-state index is -0.892. The maximum atomic E-state index is 12.5. The predicted octanol–water partition coefficient (Wildman–Crippen LogP) is 4.15. The van der Waals surface area contributed by atoms with E-state index in [9.17, 15) is 9.59 Å². The first-order valence-corrected chi connectivity index (χ1v) is 9.78. The van der Waals surface area contributed by atoms with Crippen molar-refractivity contribution in [3.8, 4) is 5.75 Å². The Bertz CT molecular complexity index is 867. The molecule has 1 aliphatic rings. The van der Waals surface area contributed by atoms with E-state index < -0.39 is 12.1 Å². The minimum Gasteiger partial charge on any atom is -0.482 e. The Labute approximate surface area is 170 Å². The molecule has 0 spiro atoms. The molecule has 0 radical (unpaired) electrons. The summed E-state index contributed by atoms with van der Waals surface area (Å²) in [5.41, 5.74) is 3.26. The van der Waals surface area contributed by atoms with Crippen molar-refractivity contribution in [2.75, 3.05) is 6.61 Å². The van der Waals surface area contributed by atoms with Crippen LogP contribution in [0.15, 0.2) is 42.5 Å². The van der Waals surface area contributed by atoms with Gasteiger partial charge in [0.05, 0.1) is 6.04 Å². The SMILES string of the molecule is Cc1cc(OCC(=O)O[C@H](C)C(=O)N[C@@H]2CCCc3ccccc32)ccc1Cl. The molecule has 5 nitrogen and oxygen atoms in total. The van der Waals surface area contributed by atoms with E-state index in [-0.39, 0.29) is 18.6 Å². The van der Waals surface area contributed by atoms with Gasteiger partial charge in [-0.3, -0.25) is 4.79 Å². The zero-order valence-corrected chi connectivity index (χ0v) is 16.8. The van der Waals surface area contributed by atoms with Crippen molar-refractivity contribution in [1.29, 1.82) is 0 Å². The van der Waals surface area contributed by atoms with Crippen LogP contribution in [-0.4, -0.2) is 24.6 Å². The molecule has 2 aromatic rings. The second-order valence-electron chi connectivity index (χ2n) is 6.98. The highest BCUT2D eigenvalue weighted by molar-refractivity contribution is 6.31. The summed E-state index contributed by atoms with van der Waals surface area (Å²) in [4.78, 5) is 24.5. The summed E-state index contributed by atoms with van der Waals surface area (Å²) >= 11 is 5.97. The van der Waals surface area contributed by atoms with Crippen molar-refractivity contribution in [3.05, 3.63) is 64.2 Å². The molecule has 28 heavy (non-hydrogen) atoms. The lowest BCUT2D eigenvalue weighted by molar-refractivity contribution is -0.156. The van der Waals surface area contributed by atoms with Gasteiger partial charge in [0.25, 0.3) is 5.91 Å². The lowest BCUT2D eigenvalue weighted by Crippen LogP contribution is -2.39. The fourth-order valence-corrected chi connectivity index (χ4v) is 3.44. The summed E-state index contributed by atoms with van der Waals surface area (Å²) in [6.45, 7) is 3.14. The summed E-state index contributed by atoms with van der Waals surface area (Å²) in [5.74, 6) is -0.383. The number of rotatable bonds is 6. The van der Waals surface area contributed by atoms with Gasteiger partial charge in [0.1, 0.15) is 5.75 Å². The van der Waals surface area contributed by atoms with Crippen LogP contribution in [0.3, 0.4) is 0 Å². The van der Waals surface area contributed by atoms with Crippen LogP contribution >= 0.6 is 11.6 Å². The quantitative estimate of drug-likeness (QED) is 0.738. The molecule has 1 amide bonds. The molecule has 0 fully saturated rings. The molecule has 148 valence electrons.